The molecule has 0 atom stereocenters. The van der Waals surface area contributed by atoms with E-state index in [0.29, 0.717) is 42.4 Å². The van der Waals surface area contributed by atoms with Gasteiger partial charge in [-0.3, -0.25) is 20.2 Å². The van der Waals surface area contributed by atoms with Gasteiger partial charge in [0.25, 0.3) is 11.4 Å². The number of ether oxygens (including phenoxy) is 5. The van der Waals surface area contributed by atoms with Gasteiger partial charge in [0, 0.05) is 40.4 Å². The summed E-state index contributed by atoms with van der Waals surface area (Å²) in [4.78, 5) is 23.3. The minimum Gasteiger partial charge on any atom is -0.508 e. The lowest BCUT2D eigenvalue weighted by Crippen LogP contribution is -1.95. The summed E-state index contributed by atoms with van der Waals surface area (Å²) in [5, 5.41) is 31.3. The highest BCUT2D eigenvalue weighted by atomic mass is 19.1. The van der Waals surface area contributed by atoms with Crippen molar-refractivity contribution in [2.75, 3.05) is 0 Å². The summed E-state index contributed by atoms with van der Waals surface area (Å²) in [6, 6.07) is 67.8. The SMILES string of the molecule is Cc1cc(F)ccc1[N+](=O)[O-].Cc1cc(Oc2ccc(OCc3ccccc3)cc2)ccc1[N+](=O)[O-].Oc1ccc(OCc2ccccc2)cc1.c1ccc(COc2ccc(Oc3ccc4[nH]ccc4c3)cc2)cc1. The number of fused-ring (bicyclic) bond motifs is 1. The first kappa shape index (κ1) is 52.9. The highest BCUT2D eigenvalue weighted by Gasteiger charge is 2.12. The first-order valence-corrected chi connectivity index (χ1v) is 23.5. The number of nitro benzene ring substituents is 2. The van der Waals surface area contributed by atoms with Crippen LogP contribution < -0.4 is 23.7 Å². The van der Waals surface area contributed by atoms with Crippen molar-refractivity contribution >= 4 is 22.3 Å². The number of H-pyrrole nitrogens is 1. The van der Waals surface area contributed by atoms with Crippen molar-refractivity contribution in [2.24, 2.45) is 0 Å². The monoisotopic (exact) mass is 1010 g/mol. The van der Waals surface area contributed by atoms with E-state index in [9.17, 15) is 24.6 Å². The van der Waals surface area contributed by atoms with E-state index >= 15 is 0 Å². The van der Waals surface area contributed by atoms with Gasteiger partial charge in [-0.05, 0) is 152 Å². The molecule has 10 rings (SSSR count). The Morgan fingerprint density at radius 2 is 0.813 bits per heavy atom. The molecule has 0 radical (unpaired) electrons. The maximum absolute atomic E-state index is 12.4. The molecule has 0 saturated carbocycles. The van der Waals surface area contributed by atoms with Gasteiger partial charge >= 0.3 is 0 Å². The highest BCUT2D eigenvalue weighted by Crippen LogP contribution is 2.30. The molecular formula is C61H52FN3O10. The van der Waals surface area contributed by atoms with Gasteiger partial charge in [-0.2, -0.15) is 0 Å². The Morgan fingerprint density at radius 1 is 0.440 bits per heavy atom. The van der Waals surface area contributed by atoms with Crippen LogP contribution in [0.3, 0.4) is 0 Å². The van der Waals surface area contributed by atoms with Crippen LogP contribution >= 0.6 is 0 Å². The average molecular weight is 1010 g/mol. The molecule has 0 spiro atoms. The molecule has 2 N–H and O–H groups in total. The minimum atomic E-state index is -0.533. The van der Waals surface area contributed by atoms with E-state index in [1.54, 1.807) is 55.5 Å². The van der Waals surface area contributed by atoms with Crippen molar-refractivity contribution in [3.63, 3.8) is 0 Å². The topological polar surface area (TPSA) is 168 Å². The molecule has 0 amide bonds. The highest BCUT2D eigenvalue weighted by molar-refractivity contribution is 5.80. The normalized spacial score (nSPS) is 10.2. The van der Waals surface area contributed by atoms with Gasteiger partial charge in [-0.15, -0.1) is 0 Å². The standard InChI is InChI=1S/C21H17NO2.C20H17NO4.C13H12O2.C7H6FNO2/c1-2-4-16(5-3-1)15-23-18-6-8-19(9-7-18)24-20-10-11-21-17(14-20)12-13-22-21;1-15-13-19(11-12-20(15)21(22)23)25-18-9-7-17(8-10-18)24-14-16-5-3-2-4-6-16;14-12-6-8-13(9-7-12)15-10-11-4-2-1-3-5-11;1-5-4-6(8)2-3-7(5)9(10)11/h1-14,22H,15H2;2-13H,14H2,1H3;1-9,14H,10H2;2-4H,1H3. The number of hydrogen-bond acceptors (Lipinski definition) is 10. The molecule has 9 aromatic carbocycles. The molecule has 1 aromatic heterocycles. The smallest absolute Gasteiger partial charge is 0.272 e. The average Bonchev–Trinajstić information content (AvgIpc) is 3.90. The Kier molecular flexibility index (Phi) is 19.1. The Bertz CT molecular complexity index is 3360. The lowest BCUT2D eigenvalue weighted by molar-refractivity contribution is -0.385. The lowest BCUT2D eigenvalue weighted by Gasteiger charge is -2.09. The lowest BCUT2D eigenvalue weighted by atomic mass is 10.2. The van der Waals surface area contributed by atoms with Crippen LogP contribution in [0.1, 0.15) is 27.8 Å². The number of nitro groups is 2. The molecule has 0 unspecified atom stereocenters. The van der Waals surface area contributed by atoms with E-state index in [-0.39, 0.29) is 17.1 Å². The van der Waals surface area contributed by atoms with Gasteiger partial charge < -0.3 is 33.8 Å². The van der Waals surface area contributed by atoms with Crippen molar-refractivity contribution in [2.45, 2.75) is 33.7 Å². The van der Waals surface area contributed by atoms with E-state index in [0.717, 1.165) is 74.5 Å². The number of phenolic OH excluding ortho intramolecular Hbond substituents is 1. The molecule has 14 heteroatoms. The molecule has 0 bridgehead atoms. The van der Waals surface area contributed by atoms with Crippen molar-refractivity contribution in [3.8, 4) is 46.0 Å². The Morgan fingerprint density at radius 3 is 1.24 bits per heavy atom. The number of rotatable bonds is 15. The van der Waals surface area contributed by atoms with Gasteiger partial charge in [0.2, 0.25) is 0 Å². The summed E-state index contributed by atoms with van der Waals surface area (Å²) in [5.41, 5.74) is 5.42. The molecule has 10 aromatic rings. The van der Waals surface area contributed by atoms with Gasteiger partial charge in [0.1, 0.15) is 71.6 Å². The number of nitrogens with zero attached hydrogens (tertiary/aromatic N) is 2. The predicted molar refractivity (Wildman–Crippen MR) is 287 cm³/mol. The molecule has 75 heavy (non-hydrogen) atoms. The minimum absolute atomic E-state index is 0.0496. The summed E-state index contributed by atoms with van der Waals surface area (Å²) in [6.45, 7) is 4.80. The fourth-order valence-corrected chi connectivity index (χ4v) is 7.06. The van der Waals surface area contributed by atoms with Gasteiger partial charge in [-0.1, -0.05) is 91.0 Å². The van der Waals surface area contributed by atoms with Crippen LogP contribution in [0.4, 0.5) is 15.8 Å². The quantitative estimate of drug-likeness (QED) is 0.0745. The van der Waals surface area contributed by atoms with Crippen molar-refractivity contribution in [1.82, 2.24) is 4.98 Å². The summed E-state index contributed by atoms with van der Waals surface area (Å²) in [6.07, 6.45) is 1.92. The van der Waals surface area contributed by atoms with E-state index < -0.39 is 15.7 Å². The third-order valence-electron chi connectivity index (χ3n) is 10.9. The van der Waals surface area contributed by atoms with Crippen LogP contribution in [0.5, 0.6) is 46.0 Å². The molecule has 0 aliphatic heterocycles. The number of nitrogens with one attached hydrogen (secondary N) is 1. The van der Waals surface area contributed by atoms with Gasteiger partial charge in [0.15, 0.2) is 0 Å². The number of aromatic amines is 1. The van der Waals surface area contributed by atoms with E-state index in [1.807, 2.05) is 146 Å². The molecule has 378 valence electrons. The number of aromatic nitrogens is 1. The Hall–Kier alpha value is -9.95. The number of halogens is 1. The summed E-state index contributed by atoms with van der Waals surface area (Å²) < 4.78 is 41.1. The third kappa shape index (κ3) is 17.1. The number of aromatic hydroxyl groups is 1. The van der Waals surface area contributed by atoms with Gasteiger partial charge in [-0.25, -0.2) is 4.39 Å². The zero-order chi connectivity index (χ0) is 52.8. The van der Waals surface area contributed by atoms with Crippen LogP contribution in [0.25, 0.3) is 10.9 Å². The first-order valence-electron chi connectivity index (χ1n) is 23.5. The third-order valence-corrected chi connectivity index (χ3v) is 10.9. The molecule has 0 fully saturated rings. The maximum atomic E-state index is 12.4. The van der Waals surface area contributed by atoms with Crippen LogP contribution in [0.2, 0.25) is 0 Å². The van der Waals surface area contributed by atoms with Crippen LogP contribution in [0.15, 0.2) is 231 Å². The second-order valence-corrected chi connectivity index (χ2v) is 16.6. The van der Waals surface area contributed by atoms with E-state index in [2.05, 4.69) is 17.1 Å². The fourth-order valence-electron chi connectivity index (χ4n) is 7.06. The summed E-state index contributed by atoms with van der Waals surface area (Å²) >= 11 is 0. The second-order valence-electron chi connectivity index (χ2n) is 16.6. The number of phenols is 1. The maximum Gasteiger partial charge on any atom is 0.272 e. The Labute approximate surface area is 432 Å². The molecule has 0 saturated heterocycles. The first-order chi connectivity index (χ1) is 36.4. The second kappa shape index (κ2) is 27.0. The van der Waals surface area contributed by atoms with Crippen molar-refractivity contribution < 1.29 is 43.0 Å². The predicted octanol–water partition coefficient (Wildman–Crippen LogP) is 15.8. The fraction of sp³-hybridized carbons (Fsp3) is 0.0820. The van der Waals surface area contributed by atoms with E-state index in [1.165, 1.54) is 13.0 Å². The van der Waals surface area contributed by atoms with Crippen LogP contribution in [-0.2, 0) is 19.8 Å². The van der Waals surface area contributed by atoms with Gasteiger partial charge in [0.05, 0.1) is 9.85 Å². The van der Waals surface area contributed by atoms with Crippen LogP contribution in [0, 0.1) is 39.9 Å². The van der Waals surface area contributed by atoms with Crippen LogP contribution in [-0.4, -0.2) is 19.9 Å². The molecule has 0 aliphatic carbocycles. The molecule has 0 aliphatic rings. The number of benzene rings is 9. The molecule has 13 nitrogen and oxygen atoms in total. The Balaban J connectivity index is 0.000000153. The largest absolute Gasteiger partial charge is 0.508 e. The van der Waals surface area contributed by atoms with Crippen molar-refractivity contribution in [1.29, 1.82) is 0 Å². The zero-order valence-corrected chi connectivity index (χ0v) is 41.0. The zero-order valence-electron chi connectivity index (χ0n) is 41.0. The molecular weight excluding hydrogens is 954 g/mol. The summed E-state index contributed by atoms with van der Waals surface area (Å²) in [7, 11) is 0. The van der Waals surface area contributed by atoms with Crippen molar-refractivity contribution in [3.05, 3.63) is 285 Å². The summed E-state index contributed by atoms with van der Waals surface area (Å²) in [5.74, 6) is 4.94. The number of aryl methyl sites for hydroxylation is 2. The van der Waals surface area contributed by atoms with E-state index in [4.69, 9.17) is 28.8 Å². The number of hydrogen-bond donors (Lipinski definition) is 2. The molecule has 1 heterocycles.